The van der Waals surface area contributed by atoms with Gasteiger partial charge in [0.2, 0.25) is 0 Å². The summed E-state index contributed by atoms with van der Waals surface area (Å²) < 4.78 is 0. The molecule has 86 valence electrons. The predicted molar refractivity (Wildman–Crippen MR) is 61.1 cm³/mol. The average molecular weight is 209 g/mol. The van der Waals surface area contributed by atoms with Gasteiger partial charge < -0.3 is 5.11 Å². The molecule has 2 heteroatoms. The first-order chi connectivity index (χ1) is 6.85. The normalized spacial score (nSPS) is 35.9. The molecule has 15 heavy (non-hydrogen) atoms. The molecule has 2 nitrogen and oxygen atoms in total. The van der Waals surface area contributed by atoms with Crippen LogP contribution in [0, 0.1) is 28.6 Å². The maximum atomic E-state index is 10.6. The first kappa shape index (κ1) is 12.5. The van der Waals surface area contributed by atoms with E-state index in [2.05, 4.69) is 13.0 Å². The molecule has 0 bridgehead atoms. The van der Waals surface area contributed by atoms with Crippen molar-refractivity contribution in [2.24, 2.45) is 17.3 Å². The minimum absolute atomic E-state index is 0.127. The molecule has 0 aromatic rings. The molecule has 0 saturated heterocycles. The molecule has 0 aromatic heterocycles. The Morgan fingerprint density at radius 3 is 2.53 bits per heavy atom. The number of nitriles is 1. The lowest BCUT2D eigenvalue weighted by Gasteiger charge is -2.47. The summed E-state index contributed by atoms with van der Waals surface area (Å²) in [6.07, 6.45) is 3.95. The molecule has 0 aliphatic heterocycles. The molecule has 3 unspecified atom stereocenters. The molecule has 1 N–H and O–H groups in total. The van der Waals surface area contributed by atoms with Crippen LogP contribution in [0.2, 0.25) is 0 Å². The van der Waals surface area contributed by atoms with Crippen LogP contribution in [0.15, 0.2) is 0 Å². The molecule has 1 fully saturated rings. The summed E-state index contributed by atoms with van der Waals surface area (Å²) >= 11 is 0. The lowest BCUT2D eigenvalue weighted by molar-refractivity contribution is -0.0985. The molecule has 3 atom stereocenters. The number of hydrogen-bond acceptors (Lipinski definition) is 2. The predicted octanol–water partition coefficient (Wildman–Crippen LogP) is 3.11. The monoisotopic (exact) mass is 209 g/mol. The van der Waals surface area contributed by atoms with Crippen molar-refractivity contribution in [2.75, 3.05) is 0 Å². The van der Waals surface area contributed by atoms with Gasteiger partial charge in [0.1, 0.15) is 0 Å². The number of nitrogens with zero attached hydrogens (tertiary/aromatic N) is 1. The van der Waals surface area contributed by atoms with Gasteiger partial charge in [-0.3, -0.25) is 0 Å². The summed E-state index contributed by atoms with van der Waals surface area (Å²) in [7, 11) is 0. The minimum Gasteiger partial charge on any atom is -0.388 e. The summed E-state index contributed by atoms with van der Waals surface area (Å²) in [5, 5.41) is 20.0. The van der Waals surface area contributed by atoms with Crippen molar-refractivity contribution in [2.45, 2.75) is 59.0 Å². The van der Waals surface area contributed by atoms with Crippen LogP contribution in [0.4, 0.5) is 0 Å². The van der Waals surface area contributed by atoms with Crippen molar-refractivity contribution in [3.05, 3.63) is 0 Å². The molecule has 0 aromatic carbocycles. The average Bonchev–Trinajstić information content (AvgIpc) is 2.17. The molecule has 0 radical (unpaired) electrons. The Balaban J connectivity index is 2.99. The minimum atomic E-state index is -0.865. The largest absolute Gasteiger partial charge is 0.388 e. The van der Waals surface area contributed by atoms with Crippen LogP contribution in [-0.2, 0) is 0 Å². The fourth-order valence-corrected chi connectivity index (χ4v) is 2.78. The van der Waals surface area contributed by atoms with E-state index in [9.17, 15) is 10.4 Å². The Hall–Kier alpha value is -0.550. The zero-order valence-corrected chi connectivity index (χ0v) is 10.4. The molecule has 0 amide bonds. The van der Waals surface area contributed by atoms with Gasteiger partial charge in [0.25, 0.3) is 0 Å². The van der Waals surface area contributed by atoms with E-state index in [0.717, 1.165) is 19.3 Å². The molecule has 1 aliphatic rings. The summed E-state index contributed by atoms with van der Waals surface area (Å²) in [4.78, 5) is 0. The number of hydrogen-bond donors (Lipinski definition) is 1. The molecule has 0 heterocycles. The molecular formula is C13H23NO. The van der Waals surface area contributed by atoms with Crippen molar-refractivity contribution in [3.63, 3.8) is 0 Å². The van der Waals surface area contributed by atoms with Crippen LogP contribution in [0.1, 0.15) is 53.4 Å². The fraction of sp³-hybridized carbons (Fsp3) is 0.923. The van der Waals surface area contributed by atoms with E-state index < -0.39 is 11.0 Å². The van der Waals surface area contributed by atoms with Gasteiger partial charge in [-0.05, 0) is 31.6 Å². The van der Waals surface area contributed by atoms with E-state index >= 15 is 0 Å². The molecule has 1 rings (SSSR count). The van der Waals surface area contributed by atoms with Crippen molar-refractivity contribution >= 4 is 0 Å². The van der Waals surface area contributed by atoms with Crippen LogP contribution in [0.25, 0.3) is 0 Å². The van der Waals surface area contributed by atoms with E-state index in [1.807, 2.05) is 20.8 Å². The van der Waals surface area contributed by atoms with Gasteiger partial charge in [0, 0.05) is 0 Å². The molecule has 0 spiro atoms. The van der Waals surface area contributed by atoms with Crippen LogP contribution in [0.5, 0.6) is 0 Å². The van der Waals surface area contributed by atoms with Crippen LogP contribution >= 0.6 is 0 Å². The Kier molecular flexibility index (Phi) is 3.45. The zero-order chi connectivity index (χ0) is 11.7. The smallest absolute Gasteiger partial charge is 0.0862 e. The third kappa shape index (κ3) is 2.03. The van der Waals surface area contributed by atoms with Crippen LogP contribution < -0.4 is 0 Å². The van der Waals surface area contributed by atoms with Crippen LogP contribution in [-0.4, -0.2) is 10.7 Å². The van der Waals surface area contributed by atoms with E-state index in [4.69, 9.17) is 0 Å². The van der Waals surface area contributed by atoms with Gasteiger partial charge in [-0.25, -0.2) is 0 Å². The lowest BCUT2D eigenvalue weighted by Crippen LogP contribution is -2.51. The van der Waals surface area contributed by atoms with Crippen molar-refractivity contribution < 1.29 is 5.11 Å². The first-order valence-corrected chi connectivity index (χ1v) is 5.99. The van der Waals surface area contributed by atoms with Gasteiger partial charge in [-0.15, -0.1) is 0 Å². The van der Waals surface area contributed by atoms with Crippen molar-refractivity contribution in [1.29, 1.82) is 5.26 Å². The molecular weight excluding hydrogens is 186 g/mol. The standard InChI is InChI=1S/C13H23NO/c1-10(2)12(4,15)13(9-14)7-5-6-11(3)8-13/h10-11,15H,5-8H2,1-4H3. The third-order valence-electron chi connectivity index (χ3n) is 4.30. The van der Waals surface area contributed by atoms with E-state index in [-0.39, 0.29) is 5.92 Å². The summed E-state index contributed by atoms with van der Waals surface area (Å²) in [5.41, 5.74) is -1.39. The summed E-state index contributed by atoms with van der Waals surface area (Å²) in [6.45, 7) is 8.01. The Labute approximate surface area is 93.3 Å². The Bertz CT molecular complexity index is 264. The van der Waals surface area contributed by atoms with E-state index in [1.54, 1.807) is 0 Å². The third-order valence-corrected chi connectivity index (χ3v) is 4.30. The SMILES string of the molecule is CC1CCCC(C#N)(C(C)(O)C(C)C)C1. The maximum Gasteiger partial charge on any atom is 0.0862 e. The Morgan fingerprint density at radius 1 is 1.53 bits per heavy atom. The fourth-order valence-electron chi connectivity index (χ4n) is 2.78. The van der Waals surface area contributed by atoms with Gasteiger partial charge in [0.15, 0.2) is 0 Å². The highest BCUT2D eigenvalue weighted by Crippen LogP contribution is 2.49. The van der Waals surface area contributed by atoms with E-state index in [0.29, 0.717) is 5.92 Å². The van der Waals surface area contributed by atoms with Gasteiger partial charge in [-0.1, -0.05) is 33.6 Å². The topological polar surface area (TPSA) is 44.0 Å². The second-order valence-electron chi connectivity index (χ2n) is 5.70. The summed E-state index contributed by atoms with van der Waals surface area (Å²) in [6, 6.07) is 2.42. The summed E-state index contributed by atoms with van der Waals surface area (Å²) in [5.74, 6) is 0.686. The van der Waals surface area contributed by atoms with Crippen molar-refractivity contribution in [3.8, 4) is 6.07 Å². The maximum absolute atomic E-state index is 10.6. The first-order valence-electron chi connectivity index (χ1n) is 5.99. The zero-order valence-electron chi connectivity index (χ0n) is 10.4. The van der Waals surface area contributed by atoms with Gasteiger partial charge >= 0.3 is 0 Å². The Morgan fingerprint density at radius 2 is 2.13 bits per heavy atom. The highest BCUT2D eigenvalue weighted by molar-refractivity contribution is 5.12. The van der Waals surface area contributed by atoms with Crippen LogP contribution in [0.3, 0.4) is 0 Å². The lowest BCUT2D eigenvalue weighted by atomic mass is 9.59. The van der Waals surface area contributed by atoms with Gasteiger partial charge in [-0.2, -0.15) is 5.26 Å². The highest BCUT2D eigenvalue weighted by Gasteiger charge is 2.50. The van der Waals surface area contributed by atoms with Crippen molar-refractivity contribution in [1.82, 2.24) is 0 Å². The second kappa shape index (κ2) is 4.14. The van der Waals surface area contributed by atoms with Gasteiger partial charge in [0.05, 0.1) is 17.1 Å². The molecule has 1 aliphatic carbocycles. The van der Waals surface area contributed by atoms with E-state index in [1.165, 1.54) is 6.42 Å². The second-order valence-corrected chi connectivity index (χ2v) is 5.70. The highest BCUT2D eigenvalue weighted by atomic mass is 16.3. The number of rotatable bonds is 2. The number of aliphatic hydroxyl groups is 1. The molecule has 1 saturated carbocycles. The quantitative estimate of drug-likeness (QED) is 0.759.